The molecule has 0 saturated carbocycles. The predicted molar refractivity (Wildman–Crippen MR) is 45.9 cm³/mol. The number of aromatic amines is 1. The number of alkyl halides is 1. The minimum atomic E-state index is -3.22. The van der Waals surface area contributed by atoms with Crippen LogP contribution in [0.5, 0.6) is 0 Å². The van der Waals surface area contributed by atoms with E-state index in [-0.39, 0.29) is 11.2 Å². The highest BCUT2D eigenvalue weighted by Crippen LogP contribution is 1.92. The molecule has 68 valence electrons. The normalized spacial score (nSPS) is 11.8. The summed E-state index contributed by atoms with van der Waals surface area (Å²) in [5.74, 6) is 0.486. The second-order valence-corrected chi connectivity index (χ2v) is 5.09. The lowest BCUT2D eigenvalue weighted by atomic mass is 10.6. The van der Waals surface area contributed by atoms with Crippen molar-refractivity contribution in [3.8, 4) is 0 Å². The number of halogens is 1. The van der Waals surface area contributed by atoms with E-state index in [4.69, 9.17) is 0 Å². The van der Waals surface area contributed by atoms with Crippen LogP contribution in [0.4, 0.5) is 0 Å². The summed E-state index contributed by atoms with van der Waals surface area (Å²) in [6, 6.07) is 0. The Labute approximate surface area is 78.0 Å². The molecule has 12 heavy (non-hydrogen) atoms. The Morgan fingerprint density at radius 2 is 2.42 bits per heavy atom. The Morgan fingerprint density at radius 1 is 1.67 bits per heavy atom. The Kier molecular flexibility index (Phi) is 3.18. The molecule has 1 aromatic rings. The van der Waals surface area contributed by atoms with Gasteiger partial charge in [0.2, 0.25) is 10.0 Å². The van der Waals surface area contributed by atoms with Crippen molar-refractivity contribution in [1.29, 1.82) is 0 Å². The second kappa shape index (κ2) is 3.97. The lowest BCUT2D eigenvalue weighted by Crippen LogP contribution is -2.24. The van der Waals surface area contributed by atoms with E-state index in [0.29, 0.717) is 5.82 Å². The fourth-order valence-electron chi connectivity index (χ4n) is 0.533. The molecular weight excluding hydrogens is 248 g/mol. The molecule has 0 aromatic carbocycles. The molecule has 0 amide bonds. The van der Waals surface area contributed by atoms with Gasteiger partial charge in [0.25, 0.3) is 0 Å². The van der Waals surface area contributed by atoms with Crippen LogP contribution in [-0.2, 0) is 16.6 Å². The van der Waals surface area contributed by atoms with Crippen LogP contribution in [0.25, 0.3) is 0 Å². The van der Waals surface area contributed by atoms with Crippen molar-refractivity contribution in [2.75, 3.05) is 4.66 Å². The van der Waals surface area contributed by atoms with Gasteiger partial charge in [0.1, 0.15) is 16.8 Å². The number of aromatic nitrogens is 3. The topological polar surface area (TPSA) is 87.7 Å². The first kappa shape index (κ1) is 9.62. The smallest absolute Gasteiger partial charge is 0.222 e. The molecule has 0 spiro atoms. The van der Waals surface area contributed by atoms with Gasteiger partial charge in [0.15, 0.2) is 0 Å². The number of hydrogen-bond donors (Lipinski definition) is 2. The van der Waals surface area contributed by atoms with Gasteiger partial charge in [-0.15, -0.1) is 0 Å². The molecule has 2 N–H and O–H groups in total. The number of rotatable bonds is 4. The number of nitrogens with one attached hydrogen (secondary N) is 2. The van der Waals surface area contributed by atoms with E-state index in [1.165, 1.54) is 6.33 Å². The molecule has 0 bridgehead atoms. The summed E-state index contributed by atoms with van der Waals surface area (Å²) in [5, 5.41) is 6.10. The number of nitrogens with zero attached hydrogens (tertiary/aromatic N) is 2. The quantitative estimate of drug-likeness (QED) is 0.715. The van der Waals surface area contributed by atoms with Gasteiger partial charge < -0.3 is 0 Å². The Morgan fingerprint density at radius 3 is 2.92 bits per heavy atom. The zero-order valence-corrected chi connectivity index (χ0v) is 8.39. The minimum absolute atomic E-state index is 0.117. The van der Waals surface area contributed by atoms with Crippen molar-refractivity contribution >= 4 is 26.0 Å². The standard InChI is InChI=1S/C4H7BrN4O2S/c5-2-12(10,11)8-1-4-6-3-7-9-4/h3,8H,1-2H2,(H,6,7,9). The Bertz CT molecular complexity index is 321. The van der Waals surface area contributed by atoms with Crippen molar-refractivity contribution in [3.05, 3.63) is 12.2 Å². The van der Waals surface area contributed by atoms with Gasteiger partial charge in [-0.05, 0) is 0 Å². The summed E-state index contributed by atoms with van der Waals surface area (Å²) in [4.78, 5) is 3.74. The van der Waals surface area contributed by atoms with Crippen molar-refractivity contribution < 1.29 is 8.42 Å². The van der Waals surface area contributed by atoms with Crippen LogP contribution in [0, 0.1) is 0 Å². The summed E-state index contributed by atoms with van der Waals surface area (Å²) < 4.78 is 23.9. The number of H-pyrrole nitrogens is 1. The van der Waals surface area contributed by atoms with E-state index in [1.54, 1.807) is 0 Å². The molecule has 0 aliphatic heterocycles. The molecule has 0 aliphatic carbocycles. The van der Waals surface area contributed by atoms with Crippen LogP contribution < -0.4 is 4.72 Å². The highest BCUT2D eigenvalue weighted by molar-refractivity contribution is 9.10. The first-order valence-corrected chi connectivity index (χ1v) is 5.79. The zero-order chi connectivity index (χ0) is 9.03. The minimum Gasteiger partial charge on any atom is -0.262 e. The molecule has 0 radical (unpaired) electrons. The SMILES string of the molecule is O=S(=O)(CBr)NCc1ncn[nH]1. The molecule has 0 aliphatic rings. The average Bonchev–Trinajstić information content (AvgIpc) is 2.53. The summed E-state index contributed by atoms with van der Waals surface area (Å²) in [7, 11) is -3.22. The maximum atomic E-state index is 10.9. The average molecular weight is 255 g/mol. The van der Waals surface area contributed by atoms with E-state index < -0.39 is 10.0 Å². The molecule has 0 unspecified atom stereocenters. The van der Waals surface area contributed by atoms with E-state index >= 15 is 0 Å². The van der Waals surface area contributed by atoms with Crippen molar-refractivity contribution in [2.45, 2.75) is 6.54 Å². The maximum absolute atomic E-state index is 10.9. The summed E-state index contributed by atoms with van der Waals surface area (Å²) in [6.07, 6.45) is 1.32. The second-order valence-electron chi connectivity index (χ2n) is 1.98. The fraction of sp³-hybridized carbons (Fsp3) is 0.500. The number of hydrogen-bond acceptors (Lipinski definition) is 4. The Hall–Kier alpha value is -0.470. The highest BCUT2D eigenvalue weighted by Gasteiger charge is 2.07. The van der Waals surface area contributed by atoms with Gasteiger partial charge in [-0.25, -0.2) is 18.1 Å². The first-order chi connectivity index (χ1) is 5.64. The lowest BCUT2D eigenvalue weighted by Gasteiger charge is -1.99. The molecule has 8 heteroatoms. The molecule has 1 aromatic heterocycles. The lowest BCUT2D eigenvalue weighted by molar-refractivity contribution is 0.584. The van der Waals surface area contributed by atoms with Crippen molar-refractivity contribution in [2.24, 2.45) is 0 Å². The fourth-order valence-corrected chi connectivity index (χ4v) is 1.45. The molecular formula is C4H7BrN4O2S. The van der Waals surface area contributed by atoms with Crippen LogP contribution >= 0.6 is 15.9 Å². The summed E-state index contributed by atoms with van der Waals surface area (Å²) in [5.41, 5.74) is 0. The van der Waals surface area contributed by atoms with E-state index in [9.17, 15) is 8.42 Å². The molecule has 0 atom stereocenters. The van der Waals surface area contributed by atoms with E-state index in [2.05, 4.69) is 35.8 Å². The third-order valence-corrected chi connectivity index (χ3v) is 3.75. The zero-order valence-electron chi connectivity index (χ0n) is 5.99. The van der Waals surface area contributed by atoms with Gasteiger partial charge in [0, 0.05) is 0 Å². The molecule has 1 heterocycles. The predicted octanol–water partition coefficient (Wildman–Crippen LogP) is -0.423. The van der Waals surface area contributed by atoms with Crippen LogP contribution in [0.2, 0.25) is 0 Å². The maximum Gasteiger partial charge on any atom is 0.222 e. The Balaban J connectivity index is 2.47. The highest BCUT2D eigenvalue weighted by atomic mass is 79.9. The van der Waals surface area contributed by atoms with Crippen LogP contribution in [-0.4, -0.2) is 28.3 Å². The third-order valence-electron chi connectivity index (χ3n) is 1.07. The van der Waals surface area contributed by atoms with Crippen LogP contribution in [0.3, 0.4) is 0 Å². The molecule has 1 rings (SSSR count). The van der Waals surface area contributed by atoms with Crippen molar-refractivity contribution in [3.63, 3.8) is 0 Å². The largest absolute Gasteiger partial charge is 0.262 e. The van der Waals surface area contributed by atoms with E-state index in [0.717, 1.165) is 0 Å². The van der Waals surface area contributed by atoms with Gasteiger partial charge in [-0.1, -0.05) is 15.9 Å². The van der Waals surface area contributed by atoms with Crippen LogP contribution in [0.1, 0.15) is 5.82 Å². The first-order valence-electron chi connectivity index (χ1n) is 3.01. The van der Waals surface area contributed by atoms with Gasteiger partial charge in [0.05, 0.1) is 6.54 Å². The summed E-state index contributed by atoms with van der Waals surface area (Å²) >= 11 is 2.84. The molecule has 0 saturated heterocycles. The summed E-state index contributed by atoms with van der Waals surface area (Å²) in [6.45, 7) is 0.133. The molecule has 0 fully saturated rings. The number of sulfonamides is 1. The van der Waals surface area contributed by atoms with Gasteiger partial charge in [-0.3, -0.25) is 5.10 Å². The van der Waals surface area contributed by atoms with Gasteiger partial charge >= 0.3 is 0 Å². The third kappa shape index (κ3) is 2.88. The van der Waals surface area contributed by atoms with Crippen molar-refractivity contribution in [1.82, 2.24) is 19.9 Å². The van der Waals surface area contributed by atoms with E-state index in [1.807, 2.05) is 0 Å². The monoisotopic (exact) mass is 254 g/mol. The molecule has 6 nitrogen and oxygen atoms in total. The van der Waals surface area contributed by atoms with Crippen LogP contribution in [0.15, 0.2) is 6.33 Å². The van der Waals surface area contributed by atoms with Gasteiger partial charge in [-0.2, -0.15) is 5.10 Å².